The third kappa shape index (κ3) is 1.67. The van der Waals surface area contributed by atoms with Crippen LogP contribution in [0.3, 0.4) is 0 Å². The van der Waals surface area contributed by atoms with Gasteiger partial charge in [0.05, 0.1) is 11.1 Å². The minimum absolute atomic E-state index is 0.251. The summed E-state index contributed by atoms with van der Waals surface area (Å²) in [5.74, 6) is -0.251. The van der Waals surface area contributed by atoms with Crippen molar-refractivity contribution in [2.24, 2.45) is 0 Å². The number of aromatic amines is 1. The van der Waals surface area contributed by atoms with Crippen LogP contribution in [-0.2, 0) is 4.74 Å². The maximum atomic E-state index is 12.1. The van der Waals surface area contributed by atoms with E-state index in [-0.39, 0.29) is 12.1 Å². The number of aromatic nitrogens is 1. The molecule has 0 amide bonds. The molecule has 0 fully saturated rings. The monoisotopic (exact) mass is 299 g/mol. The Bertz CT molecular complexity index is 1080. The molecule has 1 atom stereocenters. The highest BCUT2D eigenvalue weighted by atomic mass is 16.5. The van der Waals surface area contributed by atoms with Crippen molar-refractivity contribution >= 4 is 27.8 Å². The van der Waals surface area contributed by atoms with Gasteiger partial charge in [0, 0.05) is 27.4 Å². The van der Waals surface area contributed by atoms with Gasteiger partial charge in [-0.3, -0.25) is 0 Å². The summed E-state index contributed by atoms with van der Waals surface area (Å²) in [6.45, 7) is 0. The second kappa shape index (κ2) is 4.46. The topological polar surface area (TPSA) is 42.1 Å². The molecule has 0 bridgehead atoms. The highest BCUT2D eigenvalue weighted by Gasteiger charge is 2.33. The molecule has 1 unspecified atom stereocenters. The van der Waals surface area contributed by atoms with Gasteiger partial charge in [-0.15, -0.1) is 0 Å². The second-order valence-electron chi connectivity index (χ2n) is 5.81. The maximum Gasteiger partial charge on any atom is 0.339 e. The van der Waals surface area contributed by atoms with Crippen molar-refractivity contribution in [3.63, 3.8) is 0 Å². The Kier molecular flexibility index (Phi) is 2.42. The van der Waals surface area contributed by atoms with Crippen LogP contribution in [0.1, 0.15) is 27.6 Å². The molecular weight excluding hydrogens is 286 g/mol. The van der Waals surface area contributed by atoms with Crippen LogP contribution in [0.4, 0.5) is 0 Å². The first-order chi connectivity index (χ1) is 11.3. The summed E-state index contributed by atoms with van der Waals surface area (Å²) >= 11 is 0. The molecule has 0 saturated heterocycles. The van der Waals surface area contributed by atoms with E-state index >= 15 is 0 Å². The molecule has 1 aliphatic rings. The number of esters is 1. The summed E-state index contributed by atoms with van der Waals surface area (Å²) in [6, 6.07) is 22.0. The third-order valence-electron chi connectivity index (χ3n) is 4.54. The lowest BCUT2D eigenvalue weighted by atomic mass is 9.97. The fraction of sp³-hybridized carbons (Fsp3) is 0.0500. The van der Waals surface area contributed by atoms with E-state index in [0.717, 1.165) is 27.5 Å². The Morgan fingerprint density at radius 2 is 1.52 bits per heavy atom. The molecule has 110 valence electrons. The van der Waals surface area contributed by atoms with Gasteiger partial charge in [-0.25, -0.2) is 4.79 Å². The maximum absolute atomic E-state index is 12.1. The predicted octanol–water partition coefficient (Wildman–Crippen LogP) is 4.58. The fourth-order valence-corrected chi connectivity index (χ4v) is 3.49. The molecule has 23 heavy (non-hydrogen) atoms. The van der Waals surface area contributed by atoms with E-state index in [4.69, 9.17) is 4.74 Å². The molecule has 1 aromatic heterocycles. The van der Waals surface area contributed by atoms with Gasteiger partial charge < -0.3 is 9.72 Å². The van der Waals surface area contributed by atoms with Crippen molar-refractivity contribution in [1.82, 2.24) is 4.98 Å². The van der Waals surface area contributed by atoms with Gasteiger partial charge in [0.2, 0.25) is 0 Å². The minimum Gasteiger partial charge on any atom is -0.449 e. The lowest BCUT2D eigenvalue weighted by Gasteiger charge is -2.12. The van der Waals surface area contributed by atoms with E-state index in [0.29, 0.717) is 5.56 Å². The van der Waals surface area contributed by atoms with Crippen LogP contribution in [0.25, 0.3) is 21.8 Å². The summed E-state index contributed by atoms with van der Waals surface area (Å²) < 4.78 is 5.66. The minimum atomic E-state index is -0.351. The van der Waals surface area contributed by atoms with Gasteiger partial charge >= 0.3 is 5.97 Å². The number of fused-ring (bicyclic) bond motifs is 4. The van der Waals surface area contributed by atoms with Crippen molar-refractivity contribution < 1.29 is 9.53 Å². The number of hydrogen-bond acceptors (Lipinski definition) is 2. The standard InChI is InChI=1S/C20H13NO2/c22-20-15-8-2-1-7-14(15)19(23-20)16-10-5-9-13-12-6-3-4-11-17(12)21-18(13)16/h1-11,19,21H. The number of cyclic esters (lactones) is 1. The summed E-state index contributed by atoms with van der Waals surface area (Å²) in [4.78, 5) is 15.6. The molecule has 1 aliphatic heterocycles. The summed E-state index contributed by atoms with van der Waals surface area (Å²) in [6.07, 6.45) is -0.351. The molecule has 3 nitrogen and oxygen atoms in total. The number of para-hydroxylation sites is 2. The number of carbonyl (C=O) groups excluding carboxylic acids is 1. The first-order valence-corrected chi connectivity index (χ1v) is 7.62. The van der Waals surface area contributed by atoms with E-state index in [1.165, 1.54) is 5.39 Å². The lowest BCUT2D eigenvalue weighted by Crippen LogP contribution is -2.01. The van der Waals surface area contributed by atoms with E-state index in [9.17, 15) is 4.79 Å². The van der Waals surface area contributed by atoms with E-state index in [2.05, 4.69) is 23.2 Å². The second-order valence-corrected chi connectivity index (χ2v) is 5.81. The third-order valence-corrected chi connectivity index (χ3v) is 4.54. The first kappa shape index (κ1) is 12.5. The highest BCUT2D eigenvalue weighted by Crippen LogP contribution is 2.39. The Labute approximate surface area is 132 Å². The number of benzene rings is 3. The lowest BCUT2D eigenvalue weighted by molar-refractivity contribution is 0.0458. The number of hydrogen-bond donors (Lipinski definition) is 1. The Morgan fingerprint density at radius 1 is 0.783 bits per heavy atom. The number of rotatable bonds is 1. The summed E-state index contributed by atoms with van der Waals surface area (Å²) in [5, 5.41) is 2.33. The van der Waals surface area contributed by atoms with Gasteiger partial charge in [0.1, 0.15) is 0 Å². The molecule has 1 N–H and O–H groups in total. The van der Waals surface area contributed by atoms with E-state index in [1.807, 2.05) is 48.5 Å². The first-order valence-electron chi connectivity index (χ1n) is 7.62. The molecule has 5 rings (SSSR count). The fourth-order valence-electron chi connectivity index (χ4n) is 3.49. The number of carbonyl (C=O) groups is 1. The average molecular weight is 299 g/mol. The van der Waals surface area contributed by atoms with Crippen molar-refractivity contribution in [3.8, 4) is 0 Å². The Balaban J connectivity index is 1.80. The van der Waals surface area contributed by atoms with Crippen LogP contribution in [-0.4, -0.2) is 11.0 Å². The van der Waals surface area contributed by atoms with Crippen molar-refractivity contribution in [1.29, 1.82) is 0 Å². The SMILES string of the molecule is O=C1OC(c2cccc3c2[nH]c2ccccc23)c2ccccc21. The summed E-state index contributed by atoms with van der Waals surface area (Å²) in [5.41, 5.74) is 4.71. The van der Waals surface area contributed by atoms with Crippen LogP contribution < -0.4 is 0 Å². The van der Waals surface area contributed by atoms with Crippen LogP contribution >= 0.6 is 0 Å². The van der Waals surface area contributed by atoms with Gasteiger partial charge in [0.15, 0.2) is 6.10 Å². The molecule has 3 heteroatoms. The molecule has 0 aliphatic carbocycles. The molecule has 0 spiro atoms. The molecular formula is C20H13NO2. The highest BCUT2D eigenvalue weighted by molar-refractivity contribution is 6.08. The Morgan fingerprint density at radius 3 is 2.48 bits per heavy atom. The normalized spacial score (nSPS) is 16.7. The largest absolute Gasteiger partial charge is 0.449 e. The van der Waals surface area contributed by atoms with Crippen LogP contribution in [0.5, 0.6) is 0 Å². The molecule has 0 radical (unpaired) electrons. The average Bonchev–Trinajstić information content (AvgIpc) is 3.13. The Hall–Kier alpha value is -3.07. The van der Waals surface area contributed by atoms with E-state index in [1.54, 1.807) is 0 Å². The van der Waals surface area contributed by atoms with Gasteiger partial charge in [-0.2, -0.15) is 0 Å². The van der Waals surface area contributed by atoms with E-state index < -0.39 is 0 Å². The van der Waals surface area contributed by atoms with Crippen molar-refractivity contribution in [3.05, 3.63) is 83.4 Å². The van der Waals surface area contributed by atoms with Crippen LogP contribution in [0.2, 0.25) is 0 Å². The zero-order valence-electron chi connectivity index (χ0n) is 12.2. The van der Waals surface area contributed by atoms with Crippen molar-refractivity contribution in [2.75, 3.05) is 0 Å². The van der Waals surface area contributed by atoms with Gasteiger partial charge in [-0.1, -0.05) is 54.6 Å². The predicted molar refractivity (Wildman–Crippen MR) is 89.5 cm³/mol. The van der Waals surface area contributed by atoms with Crippen LogP contribution in [0, 0.1) is 0 Å². The van der Waals surface area contributed by atoms with Gasteiger partial charge in [0.25, 0.3) is 0 Å². The number of nitrogens with one attached hydrogen (secondary N) is 1. The molecule has 3 aromatic carbocycles. The smallest absolute Gasteiger partial charge is 0.339 e. The van der Waals surface area contributed by atoms with Crippen LogP contribution in [0.15, 0.2) is 66.7 Å². The summed E-state index contributed by atoms with van der Waals surface area (Å²) in [7, 11) is 0. The number of ether oxygens (including phenoxy) is 1. The molecule has 2 heterocycles. The zero-order valence-corrected chi connectivity index (χ0v) is 12.2. The van der Waals surface area contributed by atoms with Crippen molar-refractivity contribution in [2.45, 2.75) is 6.10 Å². The zero-order chi connectivity index (χ0) is 15.4. The molecule has 0 saturated carbocycles. The molecule has 4 aromatic rings. The van der Waals surface area contributed by atoms with Gasteiger partial charge in [-0.05, 0) is 12.1 Å². The number of H-pyrrole nitrogens is 1. The quantitative estimate of drug-likeness (QED) is 0.523.